The Kier molecular flexibility index (Phi) is 5.36. The first-order valence-electron chi connectivity index (χ1n) is 9.64. The van der Waals surface area contributed by atoms with Gasteiger partial charge in [-0.15, -0.1) is 0 Å². The number of fused-ring (bicyclic) bond motifs is 1. The molecule has 4 rings (SSSR count). The van der Waals surface area contributed by atoms with Gasteiger partial charge in [-0.2, -0.15) is 0 Å². The van der Waals surface area contributed by atoms with Crippen LogP contribution in [0.4, 0.5) is 4.39 Å². The fourth-order valence-electron chi connectivity index (χ4n) is 4.01. The Morgan fingerprint density at radius 3 is 2.39 bits per heavy atom. The zero-order valence-electron chi connectivity index (χ0n) is 15.6. The fraction of sp³-hybridized carbons (Fsp3) is 0.364. The molecule has 2 aromatic carbocycles. The summed E-state index contributed by atoms with van der Waals surface area (Å²) in [5, 5.41) is 0.111. The van der Waals surface area contributed by atoms with Crippen LogP contribution in [0.2, 0.25) is 5.02 Å². The van der Waals surface area contributed by atoms with Crippen LogP contribution >= 0.6 is 11.6 Å². The number of carbonyl (C=O) groups is 2. The Morgan fingerprint density at radius 1 is 0.929 bits per heavy atom. The molecule has 0 unspecified atom stereocenters. The summed E-state index contributed by atoms with van der Waals surface area (Å²) in [5.41, 5.74) is 4.13. The number of halogens is 2. The minimum absolute atomic E-state index is 0.0878. The van der Waals surface area contributed by atoms with Crippen LogP contribution in [0, 0.1) is 5.82 Å². The van der Waals surface area contributed by atoms with E-state index in [2.05, 4.69) is 18.2 Å². The molecule has 2 aliphatic rings. The van der Waals surface area contributed by atoms with E-state index in [0.29, 0.717) is 38.2 Å². The fourth-order valence-corrected chi connectivity index (χ4v) is 4.26. The second-order valence-corrected chi connectivity index (χ2v) is 7.84. The normalized spacial score (nSPS) is 16.2. The van der Waals surface area contributed by atoms with E-state index in [-0.39, 0.29) is 16.8 Å². The Balaban J connectivity index is 1.34. The molecule has 1 heterocycles. The summed E-state index contributed by atoms with van der Waals surface area (Å²) in [6, 6.07) is 10.1. The van der Waals surface area contributed by atoms with E-state index in [1.54, 1.807) is 4.90 Å². The molecular weight excluding hydrogens is 379 g/mol. The smallest absolute Gasteiger partial charge is 0.255 e. The van der Waals surface area contributed by atoms with Crippen LogP contribution in [0.1, 0.15) is 33.5 Å². The molecular formula is C22H22ClFN2O2. The third-order valence-corrected chi connectivity index (χ3v) is 5.91. The zero-order chi connectivity index (χ0) is 19.7. The average Bonchev–Trinajstić information content (AvgIpc) is 3.15. The number of hydrogen-bond acceptors (Lipinski definition) is 2. The molecule has 28 heavy (non-hydrogen) atoms. The summed E-state index contributed by atoms with van der Waals surface area (Å²) in [7, 11) is 0. The van der Waals surface area contributed by atoms with Gasteiger partial charge < -0.3 is 9.80 Å². The molecule has 1 aliphatic carbocycles. The van der Waals surface area contributed by atoms with Crippen molar-refractivity contribution in [3.63, 3.8) is 0 Å². The molecule has 4 nitrogen and oxygen atoms in total. The largest absolute Gasteiger partial charge is 0.339 e. The molecule has 0 saturated carbocycles. The number of nitrogens with zero attached hydrogens (tertiary/aromatic N) is 2. The molecule has 6 heteroatoms. The summed E-state index contributed by atoms with van der Waals surface area (Å²) in [6.45, 7) is 1.88. The lowest BCUT2D eigenvalue weighted by Gasteiger charge is -2.35. The van der Waals surface area contributed by atoms with E-state index >= 15 is 0 Å². The summed E-state index contributed by atoms with van der Waals surface area (Å²) >= 11 is 6.00. The number of hydrogen-bond donors (Lipinski definition) is 0. The summed E-state index contributed by atoms with van der Waals surface area (Å²) < 4.78 is 13.2. The summed E-state index contributed by atoms with van der Waals surface area (Å²) in [6.07, 6.45) is 3.83. The summed E-state index contributed by atoms with van der Waals surface area (Å²) in [5.74, 6) is -0.607. The third-order valence-electron chi connectivity index (χ3n) is 5.60. The number of benzene rings is 2. The van der Waals surface area contributed by atoms with E-state index in [1.165, 1.54) is 29.7 Å². The minimum atomic E-state index is -0.469. The number of amides is 2. The molecule has 0 spiro atoms. The van der Waals surface area contributed by atoms with Crippen molar-refractivity contribution in [3.8, 4) is 0 Å². The van der Waals surface area contributed by atoms with Crippen LogP contribution in [0.25, 0.3) is 0 Å². The van der Waals surface area contributed by atoms with Crippen molar-refractivity contribution < 1.29 is 14.0 Å². The van der Waals surface area contributed by atoms with E-state index in [9.17, 15) is 14.0 Å². The summed E-state index contributed by atoms with van der Waals surface area (Å²) in [4.78, 5) is 28.8. The highest BCUT2D eigenvalue weighted by Gasteiger charge is 2.26. The van der Waals surface area contributed by atoms with E-state index in [1.807, 2.05) is 4.90 Å². The molecule has 1 aliphatic heterocycles. The van der Waals surface area contributed by atoms with Crippen LogP contribution in [0.15, 0.2) is 36.4 Å². The van der Waals surface area contributed by atoms with Crippen LogP contribution in [0.5, 0.6) is 0 Å². The lowest BCUT2D eigenvalue weighted by Crippen LogP contribution is -2.51. The van der Waals surface area contributed by atoms with E-state index < -0.39 is 5.82 Å². The van der Waals surface area contributed by atoms with Crippen molar-refractivity contribution >= 4 is 23.4 Å². The number of aryl methyl sites for hydroxylation is 2. The van der Waals surface area contributed by atoms with E-state index in [4.69, 9.17) is 11.6 Å². The highest BCUT2D eigenvalue weighted by molar-refractivity contribution is 6.33. The van der Waals surface area contributed by atoms with Gasteiger partial charge in [0.05, 0.1) is 17.0 Å². The van der Waals surface area contributed by atoms with Crippen LogP contribution in [-0.2, 0) is 24.1 Å². The van der Waals surface area contributed by atoms with Gasteiger partial charge in [-0.25, -0.2) is 4.39 Å². The maximum Gasteiger partial charge on any atom is 0.255 e. The van der Waals surface area contributed by atoms with Crippen molar-refractivity contribution in [1.82, 2.24) is 9.80 Å². The molecule has 2 amide bonds. The third kappa shape index (κ3) is 3.90. The second kappa shape index (κ2) is 7.92. The van der Waals surface area contributed by atoms with E-state index in [0.717, 1.165) is 24.5 Å². The number of rotatable bonds is 3. The molecule has 0 atom stereocenters. The Hall–Kier alpha value is -2.40. The van der Waals surface area contributed by atoms with Crippen LogP contribution < -0.4 is 0 Å². The quantitative estimate of drug-likeness (QED) is 0.791. The SMILES string of the molecule is O=C(Cc1ccc2c(c1)CCC2)N1CCN(C(=O)c2ccc(F)cc2Cl)CC1. The first kappa shape index (κ1) is 18.9. The molecule has 0 N–H and O–H groups in total. The molecule has 146 valence electrons. The van der Waals surface area contributed by atoms with Crippen molar-refractivity contribution in [2.24, 2.45) is 0 Å². The van der Waals surface area contributed by atoms with Crippen molar-refractivity contribution in [2.75, 3.05) is 26.2 Å². The van der Waals surface area contributed by atoms with Gasteiger partial charge in [0, 0.05) is 26.2 Å². The molecule has 1 saturated heterocycles. The molecule has 0 aromatic heterocycles. The predicted molar refractivity (Wildman–Crippen MR) is 106 cm³/mol. The first-order chi connectivity index (χ1) is 13.5. The number of piperazine rings is 1. The van der Waals surface area contributed by atoms with Gasteiger partial charge in [0.15, 0.2) is 0 Å². The van der Waals surface area contributed by atoms with Gasteiger partial charge in [0.1, 0.15) is 5.82 Å². The van der Waals surface area contributed by atoms with Crippen molar-refractivity contribution in [3.05, 3.63) is 69.5 Å². The molecule has 2 aromatic rings. The van der Waals surface area contributed by atoms with Gasteiger partial charge in [-0.3, -0.25) is 9.59 Å². The van der Waals surface area contributed by atoms with Crippen LogP contribution in [0.3, 0.4) is 0 Å². The first-order valence-corrected chi connectivity index (χ1v) is 10.0. The Labute approximate surface area is 168 Å². The maximum atomic E-state index is 13.2. The lowest BCUT2D eigenvalue weighted by atomic mass is 10.0. The zero-order valence-corrected chi connectivity index (χ0v) is 16.3. The lowest BCUT2D eigenvalue weighted by molar-refractivity contribution is -0.131. The maximum absolute atomic E-state index is 13.2. The molecule has 0 bridgehead atoms. The monoisotopic (exact) mass is 400 g/mol. The predicted octanol–water partition coefficient (Wildman–Crippen LogP) is 3.49. The Bertz CT molecular complexity index is 923. The van der Waals surface area contributed by atoms with Crippen molar-refractivity contribution in [2.45, 2.75) is 25.7 Å². The standard InChI is InChI=1S/C22H22ClFN2O2/c23-20-14-18(24)6-7-19(20)22(28)26-10-8-25(9-11-26)21(27)13-15-4-5-16-2-1-3-17(16)12-15/h4-7,12,14H,1-3,8-11,13H2. The van der Waals surface area contributed by atoms with Crippen LogP contribution in [-0.4, -0.2) is 47.8 Å². The molecule has 0 radical (unpaired) electrons. The second-order valence-electron chi connectivity index (χ2n) is 7.43. The highest BCUT2D eigenvalue weighted by Crippen LogP contribution is 2.24. The van der Waals surface area contributed by atoms with Gasteiger partial charge >= 0.3 is 0 Å². The molecule has 1 fully saturated rings. The van der Waals surface area contributed by atoms with Gasteiger partial charge in [-0.1, -0.05) is 29.8 Å². The minimum Gasteiger partial charge on any atom is -0.339 e. The topological polar surface area (TPSA) is 40.6 Å². The highest BCUT2D eigenvalue weighted by atomic mass is 35.5. The Morgan fingerprint density at radius 2 is 1.64 bits per heavy atom. The number of carbonyl (C=O) groups excluding carboxylic acids is 2. The van der Waals surface area contributed by atoms with Gasteiger partial charge in [-0.05, 0) is 54.2 Å². The average molecular weight is 401 g/mol. The van der Waals surface area contributed by atoms with Crippen molar-refractivity contribution in [1.29, 1.82) is 0 Å². The van der Waals surface area contributed by atoms with Gasteiger partial charge in [0.2, 0.25) is 5.91 Å². The van der Waals surface area contributed by atoms with Gasteiger partial charge in [0.25, 0.3) is 5.91 Å².